The van der Waals surface area contributed by atoms with Crippen LogP contribution >= 0.6 is 24.0 Å². The van der Waals surface area contributed by atoms with Crippen LogP contribution in [0.4, 0.5) is 0 Å². The Bertz CT molecular complexity index is 149. The smallest absolute Gasteiger partial charge is 0.222 e. The highest BCUT2D eigenvalue weighted by molar-refractivity contribution is 8.22. The molecule has 0 bridgehead atoms. The molecule has 0 fully saturated rings. The Hall–Kier alpha value is 0.200. The summed E-state index contributed by atoms with van der Waals surface area (Å²) < 4.78 is 11.2. The predicted octanol–water partition coefficient (Wildman–Crippen LogP) is 3.06. The van der Waals surface area contributed by atoms with E-state index in [1.165, 1.54) is 11.8 Å². The average Bonchev–Trinajstić information content (AvgIpc) is 2.01. The summed E-state index contributed by atoms with van der Waals surface area (Å²) in [5, 5.41) is 0. The van der Waals surface area contributed by atoms with Gasteiger partial charge in [-0.1, -0.05) is 13.8 Å². The summed E-state index contributed by atoms with van der Waals surface area (Å²) in [5.74, 6) is 0.559. The first-order chi connectivity index (χ1) is 6.06. The Morgan fingerprint density at radius 2 is 2.00 bits per heavy atom. The van der Waals surface area contributed by atoms with Gasteiger partial charge in [-0.2, -0.15) is 0 Å². The molecule has 1 unspecified atom stereocenters. The van der Waals surface area contributed by atoms with Crippen molar-refractivity contribution in [2.24, 2.45) is 5.92 Å². The molecule has 0 saturated heterocycles. The highest BCUT2D eigenvalue weighted by Gasteiger charge is 2.08. The van der Waals surface area contributed by atoms with Crippen LogP contribution in [0.25, 0.3) is 0 Å². The minimum atomic E-state index is 0.0847. The molecule has 0 aliphatic rings. The third kappa shape index (κ3) is 8.53. The fraction of sp³-hybridized carbons (Fsp3) is 0.889. The van der Waals surface area contributed by atoms with Crippen LogP contribution in [0, 0.1) is 5.92 Å². The van der Waals surface area contributed by atoms with Gasteiger partial charge in [-0.15, -0.1) is 0 Å². The highest BCUT2D eigenvalue weighted by Crippen LogP contribution is 2.15. The Labute approximate surface area is 90.4 Å². The molecule has 4 heteroatoms. The van der Waals surface area contributed by atoms with Gasteiger partial charge in [0.05, 0.1) is 13.2 Å². The first-order valence-corrected chi connectivity index (χ1v) is 5.80. The Balaban J connectivity index is 3.49. The largest absolute Gasteiger partial charge is 0.479 e. The lowest BCUT2D eigenvalue weighted by atomic mass is 10.2. The molecule has 13 heavy (non-hydrogen) atoms. The maximum atomic E-state index is 5.52. The first kappa shape index (κ1) is 13.2. The minimum Gasteiger partial charge on any atom is -0.479 e. The average molecular weight is 222 g/mol. The van der Waals surface area contributed by atoms with Gasteiger partial charge < -0.3 is 9.47 Å². The molecule has 0 spiro atoms. The van der Waals surface area contributed by atoms with Gasteiger partial charge in [-0.3, -0.25) is 0 Å². The maximum Gasteiger partial charge on any atom is 0.222 e. The van der Waals surface area contributed by atoms with Gasteiger partial charge in [0.2, 0.25) is 4.38 Å². The monoisotopic (exact) mass is 222 g/mol. The van der Waals surface area contributed by atoms with Crippen LogP contribution in [-0.2, 0) is 9.47 Å². The van der Waals surface area contributed by atoms with Crippen LogP contribution in [0.2, 0.25) is 0 Å². The van der Waals surface area contributed by atoms with Crippen molar-refractivity contribution in [3.63, 3.8) is 0 Å². The van der Waals surface area contributed by atoms with E-state index in [0.717, 1.165) is 6.61 Å². The number of thiocarbonyl (C=S) groups is 1. The van der Waals surface area contributed by atoms with Crippen LogP contribution in [0.5, 0.6) is 0 Å². The van der Waals surface area contributed by atoms with Gasteiger partial charge in [0.1, 0.15) is 5.44 Å². The fourth-order valence-corrected chi connectivity index (χ4v) is 1.78. The van der Waals surface area contributed by atoms with Crippen molar-refractivity contribution in [2.75, 3.05) is 13.2 Å². The lowest BCUT2D eigenvalue weighted by Gasteiger charge is -2.14. The van der Waals surface area contributed by atoms with E-state index >= 15 is 0 Å². The summed E-state index contributed by atoms with van der Waals surface area (Å²) >= 11 is 6.42. The minimum absolute atomic E-state index is 0.0847. The van der Waals surface area contributed by atoms with Gasteiger partial charge >= 0.3 is 0 Å². The molecule has 0 saturated carbocycles. The molecule has 0 aromatic rings. The Kier molecular flexibility index (Phi) is 7.71. The summed E-state index contributed by atoms with van der Waals surface area (Å²) in [4.78, 5) is 0. The van der Waals surface area contributed by atoms with E-state index in [0.29, 0.717) is 16.9 Å². The second-order valence-corrected chi connectivity index (χ2v) is 5.00. The zero-order valence-corrected chi connectivity index (χ0v) is 10.3. The van der Waals surface area contributed by atoms with Crippen LogP contribution in [0.3, 0.4) is 0 Å². The van der Waals surface area contributed by atoms with Crippen LogP contribution in [0.15, 0.2) is 0 Å². The van der Waals surface area contributed by atoms with Crippen LogP contribution in [-0.4, -0.2) is 23.0 Å². The van der Waals surface area contributed by atoms with Crippen LogP contribution < -0.4 is 0 Å². The van der Waals surface area contributed by atoms with Gasteiger partial charge in [0.25, 0.3) is 0 Å². The summed E-state index contributed by atoms with van der Waals surface area (Å²) in [5.41, 5.74) is 0.0847. The van der Waals surface area contributed by atoms with Crippen molar-refractivity contribution >= 4 is 28.4 Å². The molecule has 0 amide bonds. The number of hydrogen-bond donors (Lipinski definition) is 0. The number of ether oxygens (including phenoxy) is 2. The lowest BCUT2D eigenvalue weighted by molar-refractivity contribution is 0.101. The molecule has 0 heterocycles. The third-order valence-corrected chi connectivity index (χ3v) is 2.37. The SMILES string of the molecule is CCOC(=S)SC(C)OCC(C)C. The van der Waals surface area contributed by atoms with Gasteiger partial charge in [-0.25, -0.2) is 0 Å². The van der Waals surface area contributed by atoms with E-state index < -0.39 is 0 Å². The number of hydrogen-bond acceptors (Lipinski definition) is 4. The highest BCUT2D eigenvalue weighted by atomic mass is 32.2. The number of rotatable bonds is 5. The third-order valence-electron chi connectivity index (χ3n) is 1.19. The second kappa shape index (κ2) is 7.59. The first-order valence-electron chi connectivity index (χ1n) is 4.51. The normalized spacial score (nSPS) is 13.0. The van der Waals surface area contributed by atoms with Crippen molar-refractivity contribution in [1.82, 2.24) is 0 Å². The van der Waals surface area contributed by atoms with Crippen LogP contribution in [0.1, 0.15) is 27.7 Å². The predicted molar refractivity (Wildman–Crippen MR) is 62.1 cm³/mol. The lowest BCUT2D eigenvalue weighted by Crippen LogP contribution is -2.12. The van der Waals surface area contributed by atoms with E-state index in [2.05, 4.69) is 13.8 Å². The van der Waals surface area contributed by atoms with Crippen molar-refractivity contribution in [3.05, 3.63) is 0 Å². The van der Waals surface area contributed by atoms with E-state index in [-0.39, 0.29) is 5.44 Å². The van der Waals surface area contributed by atoms with Gasteiger partial charge in [0, 0.05) is 0 Å². The number of thioether (sulfide) groups is 1. The molecular formula is C9H18O2S2. The van der Waals surface area contributed by atoms with Gasteiger partial charge in [-0.05, 0) is 43.7 Å². The maximum absolute atomic E-state index is 5.52. The molecule has 0 aromatic heterocycles. The molecular weight excluding hydrogens is 204 g/mol. The van der Waals surface area contributed by atoms with Gasteiger partial charge in [0.15, 0.2) is 0 Å². The summed E-state index contributed by atoms with van der Waals surface area (Å²) in [6, 6.07) is 0. The molecule has 0 N–H and O–H groups in total. The summed E-state index contributed by atoms with van der Waals surface area (Å²) in [7, 11) is 0. The quantitative estimate of drug-likeness (QED) is 0.525. The van der Waals surface area contributed by atoms with Crippen molar-refractivity contribution in [2.45, 2.75) is 33.1 Å². The zero-order chi connectivity index (χ0) is 10.3. The van der Waals surface area contributed by atoms with E-state index in [1.54, 1.807) is 0 Å². The summed E-state index contributed by atoms with van der Waals surface area (Å²) in [6.07, 6.45) is 0. The molecule has 0 aromatic carbocycles. The molecule has 1 atom stereocenters. The van der Waals surface area contributed by atoms with E-state index in [4.69, 9.17) is 21.7 Å². The standard InChI is InChI=1S/C9H18O2S2/c1-5-10-9(12)13-8(4)11-6-7(2)3/h7-8H,5-6H2,1-4H3. The van der Waals surface area contributed by atoms with Crippen molar-refractivity contribution < 1.29 is 9.47 Å². The van der Waals surface area contributed by atoms with E-state index in [9.17, 15) is 0 Å². The second-order valence-electron chi connectivity index (χ2n) is 3.10. The van der Waals surface area contributed by atoms with E-state index in [1.807, 2.05) is 13.8 Å². The fourth-order valence-electron chi connectivity index (χ4n) is 0.649. The topological polar surface area (TPSA) is 18.5 Å². The summed E-state index contributed by atoms with van der Waals surface area (Å²) in [6.45, 7) is 9.55. The molecule has 78 valence electrons. The zero-order valence-electron chi connectivity index (χ0n) is 8.70. The molecule has 2 nitrogen and oxygen atoms in total. The van der Waals surface area contributed by atoms with Crippen molar-refractivity contribution in [1.29, 1.82) is 0 Å². The Morgan fingerprint density at radius 1 is 1.38 bits per heavy atom. The molecule has 0 aliphatic carbocycles. The molecule has 0 aliphatic heterocycles. The molecule has 0 rings (SSSR count). The van der Waals surface area contributed by atoms with Crippen molar-refractivity contribution in [3.8, 4) is 0 Å². The Morgan fingerprint density at radius 3 is 2.46 bits per heavy atom. The molecule has 0 radical (unpaired) electrons.